The van der Waals surface area contributed by atoms with Gasteiger partial charge in [-0.15, -0.1) is 0 Å². The molecule has 2 aromatic rings. The number of unbranched alkanes of at least 4 members (excludes halogenated alkanes) is 8. The third kappa shape index (κ3) is 10.6. The first-order chi connectivity index (χ1) is 19.5. The number of carbonyl (C=O) groups excluding carboxylic acids is 1. The minimum atomic E-state index is -1.01. The monoisotopic (exact) mass is 552 g/mol. The number of ether oxygens (including phenoxy) is 2. The molecule has 0 heterocycles. The van der Waals surface area contributed by atoms with Crippen LogP contribution in [0.4, 0.5) is 8.78 Å². The van der Waals surface area contributed by atoms with Crippen LogP contribution in [0.15, 0.2) is 36.4 Å². The highest BCUT2D eigenvalue weighted by atomic mass is 19.2. The molecule has 0 aliphatic heterocycles. The maximum atomic E-state index is 14.6. The van der Waals surface area contributed by atoms with E-state index in [4.69, 9.17) is 9.47 Å². The first kappa shape index (κ1) is 31.7. The Morgan fingerprint density at radius 1 is 0.775 bits per heavy atom. The fraction of sp³-hybridized carbons (Fsp3) is 0.571. The third-order valence-electron chi connectivity index (χ3n) is 7.80. The van der Waals surface area contributed by atoms with Gasteiger partial charge in [-0.05, 0) is 74.4 Å². The van der Waals surface area contributed by atoms with Gasteiger partial charge in [-0.2, -0.15) is 4.39 Å². The van der Waals surface area contributed by atoms with Crippen molar-refractivity contribution in [1.29, 1.82) is 0 Å². The molecule has 1 fully saturated rings. The maximum absolute atomic E-state index is 14.6. The van der Waals surface area contributed by atoms with Crippen molar-refractivity contribution in [1.82, 2.24) is 0 Å². The first-order valence-corrected chi connectivity index (χ1v) is 15.5. The van der Waals surface area contributed by atoms with E-state index in [1.807, 2.05) is 0 Å². The van der Waals surface area contributed by atoms with Gasteiger partial charge in [0.05, 0.1) is 17.7 Å². The van der Waals surface area contributed by atoms with Crippen molar-refractivity contribution in [3.63, 3.8) is 0 Å². The molecular weight excluding hydrogens is 506 g/mol. The zero-order chi connectivity index (χ0) is 28.6. The standard InChI is InChI=1S/C35H46F2O3/c1-3-5-7-8-9-10-12-26-39-32-25-22-29(33(36)34(32)37)19-14-28-15-20-30(21-16-28)35(38)40-31-23-17-27(18-24-31)13-11-6-4-2/h15-16,20-22,25,27,31H,3-13,17-18,23-24,26H2,1-2H3. The summed E-state index contributed by atoms with van der Waals surface area (Å²) in [5, 5.41) is 0. The number of hydrogen-bond acceptors (Lipinski definition) is 3. The SMILES string of the molecule is CCCCCCCCCOc1ccc(C#Cc2ccc(C(=O)OC3CCC(CCCCC)CC3)cc2)c(F)c1F. The highest BCUT2D eigenvalue weighted by molar-refractivity contribution is 5.89. The van der Waals surface area contributed by atoms with E-state index in [0.717, 1.165) is 50.9 Å². The minimum Gasteiger partial charge on any atom is -0.490 e. The molecule has 1 aliphatic carbocycles. The average molecular weight is 553 g/mol. The summed E-state index contributed by atoms with van der Waals surface area (Å²) < 4.78 is 40.3. The number of hydrogen-bond donors (Lipinski definition) is 0. The molecule has 0 atom stereocenters. The maximum Gasteiger partial charge on any atom is 0.338 e. The number of halogens is 2. The molecule has 1 saturated carbocycles. The average Bonchev–Trinajstić information content (AvgIpc) is 2.97. The molecule has 0 aromatic heterocycles. The van der Waals surface area contributed by atoms with Crippen LogP contribution in [0.5, 0.6) is 5.75 Å². The Balaban J connectivity index is 1.45. The normalized spacial score (nSPS) is 16.7. The Labute approximate surface area is 240 Å². The van der Waals surface area contributed by atoms with Crippen LogP contribution >= 0.6 is 0 Å². The highest BCUT2D eigenvalue weighted by Gasteiger charge is 2.24. The number of carbonyl (C=O) groups is 1. The number of esters is 1. The fourth-order valence-corrected chi connectivity index (χ4v) is 5.25. The molecule has 1 aliphatic rings. The summed E-state index contributed by atoms with van der Waals surface area (Å²) in [6.07, 6.45) is 17.1. The lowest BCUT2D eigenvalue weighted by Gasteiger charge is -2.28. The zero-order valence-corrected chi connectivity index (χ0v) is 24.4. The van der Waals surface area contributed by atoms with Gasteiger partial charge in [-0.25, -0.2) is 9.18 Å². The topological polar surface area (TPSA) is 35.5 Å². The van der Waals surface area contributed by atoms with E-state index in [9.17, 15) is 13.6 Å². The van der Waals surface area contributed by atoms with Crippen LogP contribution < -0.4 is 4.74 Å². The molecule has 218 valence electrons. The van der Waals surface area contributed by atoms with Gasteiger partial charge in [0.15, 0.2) is 11.6 Å². The lowest BCUT2D eigenvalue weighted by atomic mass is 9.84. The Kier molecular flexibility index (Phi) is 14.0. The van der Waals surface area contributed by atoms with Gasteiger partial charge in [0.25, 0.3) is 0 Å². The summed E-state index contributed by atoms with van der Waals surface area (Å²) in [5.41, 5.74) is 1.04. The summed E-state index contributed by atoms with van der Waals surface area (Å²) >= 11 is 0. The second-order valence-corrected chi connectivity index (χ2v) is 11.1. The van der Waals surface area contributed by atoms with E-state index in [0.29, 0.717) is 17.7 Å². The van der Waals surface area contributed by atoms with Crippen molar-refractivity contribution in [2.24, 2.45) is 5.92 Å². The van der Waals surface area contributed by atoms with E-state index in [1.165, 1.54) is 63.5 Å². The summed E-state index contributed by atoms with van der Waals surface area (Å²) in [5.74, 6) is 3.88. The molecule has 3 nitrogen and oxygen atoms in total. The van der Waals surface area contributed by atoms with Crippen LogP contribution in [0.25, 0.3) is 0 Å². The predicted molar refractivity (Wildman–Crippen MR) is 158 cm³/mol. The van der Waals surface area contributed by atoms with Crippen molar-refractivity contribution in [3.05, 3.63) is 64.7 Å². The van der Waals surface area contributed by atoms with Gasteiger partial charge < -0.3 is 9.47 Å². The molecule has 3 rings (SSSR count). The largest absolute Gasteiger partial charge is 0.490 e. The van der Waals surface area contributed by atoms with Gasteiger partial charge in [0, 0.05) is 5.56 Å². The molecule has 0 radical (unpaired) electrons. The molecule has 2 aromatic carbocycles. The smallest absolute Gasteiger partial charge is 0.338 e. The second-order valence-electron chi connectivity index (χ2n) is 11.1. The van der Waals surface area contributed by atoms with Crippen LogP contribution in [0.1, 0.15) is 132 Å². The van der Waals surface area contributed by atoms with Gasteiger partial charge >= 0.3 is 5.97 Å². The van der Waals surface area contributed by atoms with E-state index in [-0.39, 0.29) is 23.4 Å². The van der Waals surface area contributed by atoms with E-state index >= 15 is 0 Å². The molecule has 0 N–H and O–H groups in total. The molecular formula is C35H46F2O3. The zero-order valence-electron chi connectivity index (χ0n) is 24.4. The van der Waals surface area contributed by atoms with Crippen molar-refractivity contribution in [2.75, 3.05) is 6.61 Å². The Hall–Kier alpha value is -2.87. The summed E-state index contributed by atoms with van der Waals surface area (Å²) in [7, 11) is 0. The molecule has 40 heavy (non-hydrogen) atoms. The Bertz CT molecular complexity index is 1090. The quantitative estimate of drug-likeness (QED) is 0.125. The van der Waals surface area contributed by atoms with Crippen molar-refractivity contribution in [3.8, 4) is 17.6 Å². The molecule has 0 bridgehead atoms. The van der Waals surface area contributed by atoms with Crippen molar-refractivity contribution in [2.45, 2.75) is 116 Å². The summed E-state index contributed by atoms with van der Waals surface area (Å²) in [4.78, 5) is 12.6. The van der Waals surface area contributed by atoms with Gasteiger partial charge in [-0.1, -0.05) is 89.9 Å². The molecule has 0 amide bonds. The van der Waals surface area contributed by atoms with E-state index < -0.39 is 11.6 Å². The van der Waals surface area contributed by atoms with Crippen molar-refractivity contribution >= 4 is 5.97 Å². The van der Waals surface area contributed by atoms with Crippen LogP contribution in [-0.2, 0) is 4.74 Å². The lowest BCUT2D eigenvalue weighted by Crippen LogP contribution is -2.24. The molecule has 0 saturated heterocycles. The van der Waals surface area contributed by atoms with Crippen molar-refractivity contribution < 1.29 is 23.0 Å². The lowest BCUT2D eigenvalue weighted by molar-refractivity contribution is 0.0161. The van der Waals surface area contributed by atoms with Gasteiger partial charge in [0.1, 0.15) is 6.10 Å². The minimum absolute atomic E-state index is 0.0187. The number of rotatable bonds is 15. The van der Waals surface area contributed by atoms with Crippen LogP contribution in [0.3, 0.4) is 0 Å². The number of benzene rings is 2. The van der Waals surface area contributed by atoms with Crippen LogP contribution in [0.2, 0.25) is 0 Å². The predicted octanol–water partition coefficient (Wildman–Crippen LogP) is 9.79. The second kappa shape index (κ2) is 17.7. The summed E-state index contributed by atoms with van der Waals surface area (Å²) in [6.45, 7) is 4.78. The Morgan fingerprint density at radius 2 is 1.43 bits per heavy atom. The highest BCUT2D eigenvalue weighted by Crippen LogP contribution is 2.30. The van der Waals surface area contributed by atoms with Gasteiger partial charge in [0.2, 0.25) is 5.82 Å². The van der Waals surface area contributed by atoms with E-state index in [1.54, 1.807) is 24.3 Å². The van der Waals surface area contributed by atoms with Crippen LogP contribution in [0, 0.1) is 29.4 Å². The Morgan fingerprint density at radius 3 is 2.12 bits per heavy atom. The van der Waals surface area contributed by atoms with Gasteiger partial charge in [-0.3, -0.25) is 0 Å². The molecule has 0 spiro atoms. The third-order valence-corrected chi connectivity index (χ3v) is 7.80. The fourth-order valence-electron chi connectivity index (χ4n) is 5.25. The summed E-state index contributed by atoms with van der Waals surface area (Å²) in [6, 6.07) is 9.60. The molecule has 0 unspecified atom stereocenters. The first-order valence-electron chi connectivity index (χ1n) is 15.5. The van der Waals surface area contributed by atoms with E-state index in [2.05, 4.69) is 25.7 Å². The molecule has 5 heteroatoms. The van der Waals surface area contributed by atoms with Crippen LogP contribution in [-0.4, -0.2) is 18.7 Å².